The van der Waals surface area contributed by atoms with Gasteiger partial charge in [0.05, 0.1) is 0 Å². The zero-order chi connectivity index (χ0) is 13.5. The van der Waals surface area contributed by atoms with Gasteiger partial charge in [-0.15, -0.1) is 0 Å². The summed E-state index contributed by atoms with van der Waals surface area (Å²) in [5.74, 6) is -0.0495. The molecule has 0 aromatic carbocycles. The Labute approximate surface area is 113 Å². The van der Waals surface area contributed by atoms with Crippen LogP contribution in [0.1, 0.15) is 46.0 Å². The molecule has 4 nitrogen and oxygen atoms in total. The molecule has 3 atom stereocenters. The second kappa shape index (κ2) is 7.67. The van der Waals surface area contributed by atoms with Crippen LogP contribution in [0, 0.1) is 5.92 Å². The van der Waals surface area contributed by atoms with Crippen LogP contribution < -0.4 is 5.32 Å². The fourth-order valence-corrected chi connectivity index (χ4v) is 4.10. The topological polar surface area (TPSA) is 66.4 Å². The smallest absolute Gasteiger partial charge is 0.327 e. The first kappa shape index (κ1) is 15.3. The van der Waals surface area contributed by atoms with Crippen molar-refractivity contribution in [2.75, 3.05) is 5.75 Å². The van der Waals surface area contributed by atoms with E-state index in [1.807, 2.05) is 0 Å². The molecule has 1 aliphatic carbocycles. The molecule has 104 valence electrons. The fraction of sp³-hybridized carbons (Fsp3) is 0.846. The van der Waals surface area contributed by atoms with Crippen molar-refractivity contribution in [3.05, 3.63) is 0 Å². The summed E-state index contributed by atoms with van der Waals surface area (Å²) in [7, 11) is 0. The Hall–Kier alpha value is -0.710. The molecule has 1 saturated carbocycles. The molecule has 5 heteroatoms. The highest BCUT2D eigenvalue weighted by Crippen LogP contribution is 2.35. The fourth-order valence-electron chi connectivity index (χ4n) is 2.50. The number of carbonyl (C=O) groups is 2. The summed E-state index contributed by atoms with van der Waals surface area (Å²) in [6.45, 7) is 3.56. The van der Waals surface area contributed by atoms with Gasteiger partial charge in [-0.2, -0.15) is 11.8 Å². The highest BCUT2D eigenvalue weighted by Gasteiger charge is 2.26. The Bertz CT molecular complexity index is 296. The van der Waals surface area contributed by atoms with Crippen molar-refractivity contribution in [1.29, 1.82) is 0 Å². The molecular formula is C13H23NO3S. The number of aliphatic carboxylic acids is 1. The molecule has 0 aromatic rings. The Balaban J connectivity index is 2.44. The number of thioether (sulfide) groups is 1. The van der Waals surface area contributed by atoms with Crippen LogP contribution in [0.2, 0.25) is 0 Å². The number of nitrogens with one attached hydrogen (secondary N) is 1. The maximum Gasteiger partial charge on any atom is 0.327 e. The van der Waals surface area contributed by atoms with Crippen molar-refractivity contribution in [3.8, 4) is 0 Å². The number of hydrogen-bond acceptors (Lipinski definition) is 3. The monoisotopic (exact) mass is 273 g/mol. The van der Waals surface area contributed by atoms with E-state index in [-0.39, 0.29) is 5.91 Å². The van der Waals surface area contributed by atoms with Gasteiger partial charge in [-0.1, -0.05) is 26.2 Å². The maximum atomic E-state index is 11.0. The van der Waals surface area contributed by atoms with Crippen LogP contribution in [0.15, 0.2) is 0 Å². The maximum absolute atomic E-state index is 11.0. The predicted molar refractivity (Wildman–Crippen MR) is 73.7 cm³/mol. The zero-order valence-corrected chi connectivity index (χ0v) is 12.0. The van der Waals surface area contributed by atoms with Gasteiger partial charge in [-0.25, -0.2) is 4.79 Å². The van der Waals surface area contributed by atoms with E-state index in [0.717, 1.165) is 6.42 Å². The molecular weight excluding hydrogens is 250 g/mol. The zero-order valence-electron chi connectivity index (χ0n) is 11.1. The molecule has 1 rings (SSSR count). The number of amides is 1. The summed E-state index contributed by atoms with van der Waals surface area (Å²) in [5.41, 5.74) is 0. The van der Waals surface area contributed by atoms with Crippen molar-refractivity contribution < 1.29 is 14.7 Å². The van der Waals surface area contributed by atoms with Crippen LogP contribution >= 0.6 is 11.8 Å². The van der Waals surface area contributed by atoms with E-state index >= 15 is 0 Å². The highest BCUT2D eigenvalue weighted by molar-refractivity contribution is 8.00. The lowest BCUT2D eigenvalue weighted by Crippen LogP contribution is -2.42. The lowest BCUT2D eigenvalue weighted by molar-refractivity contribution is -0.140. The lowest BCUT2D eigenvalue weighted by atomic mass is 9.87. The Morgan fingerprint density at radius 1 is 1.39 bits per heavy atom. The van der Waals surface area contributed by atoms with Crippen molar-refractivity contribution in [2.45, 2.75) is 57.2 Å². The van der Waals surface area contributed by atoms with Crippen molar-refractivity contribution in [1.82, 2.24) is 5.32 Å². The molecule has 0 saturated heterocycles. The van der Waals surface area contributed by atoms with E-state index in [1.54, 1.807) is 11.8 Å². The predicted octanol–water partition coefficient (Wildman–Crippen LogP) is 2.28. The van der Waals surface area contributed by atoms with Crippen LogP contribution in [-0.4, -0.2) is 34.0 Å². The molecule has 0 radical (unpaired) electrons. The molecule has 0 bridgehead atoms. The van der Waals surface area contributed by atoms with Crippen LogP contribution in [-0.2, 0) is 9.59 Å². The number of carboxylic acids is 1. The number of rotatable bonds is 6. The van der Waals surface area contributed by atoms with Gasteiger partial charge in [0.1, 0.15) is 6.04 Å². The third-order valence-electron chi connectivity index (χ3n) is 3.52. The molecule has 1 fully saturated rings. The first-order valence-corrected chi connectivity index (χ1v) is 7.71. The molecule has 18 heavy (non-hydrogen) atoms. The van der Waals surface area contributed by atoms with Crippen LogP contribution in [0.3, 0.4) is 0 Å². The largest absolute Gasteiger partial charge is 0.480 e. The van der Waals surface area contributed by atoms with Gasteiger partial charge in [-0.05, 0) is 18.8 Å². The standard InChI is InChI=1S/C13H23NO3S/c1-3-10-6-4-5-7-12(10)18-8-11(13(16)17)14-9(2)15/h10-12H,3-8H2,1-2H3,(H,14,15)(H,16,17)/t10?,11-,12?/m0/s1. The first-order valence-electron chi connectivity index (χ1n) is 6.66. The third kappa shape index (κ3) is 4.88. The Morgan fingerprint density at radius 3 is 2.61 bits per heavy atom. The van der Waals surface area contributed by atoms with Gasteiger partial charge in [0.2, 0.25) is 5.91 Å². The van der Waals surface area contributed by atoms with E-state index in [9.17, 15) is 9.59 Å². The summed E-state index contributed by atoms with van der Waals surface area (Å²) >= 11 is 1.71. The molecule has 1 aliphatic rings. The molecule has 2 N–H and O–H groups in total. The van der Waals surface area contributed by atoms with E-state index in [1.165, 1.54) is 32.6 Å². The van der Waals surface area contributed by atoms with Gasteiger partial charge >= 0.3 is 5.97 Å². The molecule has 0 heterocycles. The second-order valence-electron chi connectivity index (χ2n) is 4.92. The normalized spacial score (nSPS) is 25.4. The average Bonchev–Trinajstić information content (AvgIpc) is 2.34. The SMILES string of the molecule is CCC1CCCCC1SC[C@H](NC(C)=O)C(=O)O. The van der Waals surface area contributed by atoms with Crippen LogP contribution in [0.25, 0.3) is 0 Å². The van der Waals surface area contributed by atoms with Gasteiger partial charge in [0, 0.05) is 17.9 Å². The highest BCUT2D eigenvalue weighted by atomic mass is 32.2. The average molecular weight is 273 g/mol. The summed E-state index contributed by atoms with van der Waals surface area (Å²) in [4.78, 5) is 22.0. The second-order valence-corrected chi connectivity index (χ2v) is 6.19. The molecule has 0 aromatic heterocycles. The molecule has 0 aliphatic heterocycles. The third-order valence-corrected chi connectivity index (χ3v) is 5.09. The Morgan fingerprint density at radius 2 is 2.06 bits per heavy atom. The number of carboxylic acid groups (broad SMARTS) is 1. The summed E-state index contributed by atoms with van der Waals surface area (Å²) in [6.07, 6.45) is 6.13. The van der Waals surface area contributed by atoms with E-state index in [0.29, 0.717) is 16.9 Å². The Kier molecular flexibility index (Phi) is 6.54. The summed E-state index contributed by atoms with van der Waals surface area (Å²) < 4.78 is 0. The summed E-state index contributed by atoms with van der Waals surface area (Å²) in [6, 6.07) is -0.757. The van der Waals surface area contributed by atoms with E-state index in [4.69, 9.17) is 5.11 Å². The van der Waals surface area contributed by atoms with Crippen molar-refractivity contribution in [3.63, 3.8) is 0 Å². The van der Waals surface area contributed by atoms with E-state index in [2.05, 4.69) is 12.2 Å². The molecule has 1 amide bonds. The summed E-state index contributed by atoms with van der Waals surface area (Å²) in [5, 5.41) is 12.1. The first-order chi connectivity index (χ1) is 8.54. The molecule has 2 unspecified atom stereocenters. The van der Waals surface area contributed by atoms with Gasteiger partial charge in [0.15, 0.2) is 0 Å². The van der Waals surface area contributed by atoms with Gasteiger partial charge in [-0.3, -0.25) is 4.79 Å². The molecule has 0 spiro atoms. The van der Waals surface area contributed by atoms with Crippen molar-refractivity contribution in [2.24, 2.45) is 5.92 Å². The van der Waals surface area contributed by atoms with E-state index < -0.39 is 12.0 Å². The van der Waals surface area contributed by atoms with Crippen LogP contribution in [0.5, 0.6) is 0 Å². The number of hydrogen-bond donors (Lipinski definition) is 2. The van der Waals surface area contributed by atoms with Gasteiger partial charge < -0.3 is 10.4 Å². The van der Waals surface area contributed by atoms with Crippen LogP contribution in [0.4, 0.5) is 0 Å². The van der Waals surface area contributed by atoms with Gasteiger partial charge in [0.25, 0.3) is 0 Å². The quantitative estimate of drug-likeness (QED) is 0.779. The van der Waals surface area contributed by atoms with Crippen molar-refractivity contribution >= 4 is 23.6 Å². The minimum atomic E-state index is -0.943. The minimum Gasteiger partial charge on any atom is -0.480 e. The lowest BCUT2D eigenvalue weighted by Gasteiger charge is -2.31. The number of carbonyl (C=O) groups excluding carboxylic acids is 1. The minimum absolute atomic E-state index is 0.279.